The van der Waals surface area contributed by atoms with Crippen LogP contribution in [0.4, 0.5) is 0 Å². The van der Waals surface area contributed by atoms with E-state index in [0.717, 1.165) is 11.1 Å². The molecule has 25 heavy (non-hydrogen) atoms. The van der Waals surface area contributed by atoms with Gasteiger partial charge in [0, 0.05) is 43.5 Å². The first-order valence-corrected chi connectivity index (χ1v) is 8.68. The van der Waals surface area contributed by atoms with Gasteiger partial charge in [-0.05, 0) is 41.8 Å². The Bertz CT molecular complexity index is 751. The molecule has 0 saturated carbocycles. The van der Waals surface area contributed by atoms with E-state index < -0.39 is 0 Å². The molecule has 2 heterocycles. The Balaban J connectivity index is 1.47. The van der Waals surface area contributed by atoms with Gasteiger partial charge in [0.15, 0.2) is 0 Å². The van der Waals surface area contributed by atoms with E-state index in [1.54, 1.807) is 17.3 Å². The highest BCUT2D eigenvalue weighted by atomic mass is 35.5. The quantitative estimate of drug-likeness (QED) is 0.863. The van der Waals surface area contributed by atoms with Crippen molar-refractivity contribution in [2.75, 3.05) is 13.1 Å². The lowest BCUT2D eigenvalue weighted by Gasteiger charge is -2.16. The summed E-state index contributed by atoms with van der Waals surface area (Å²) in [5.74, 6) is -0.326. The molecule has 1 aromatic heterocycles. The Labute approximate surface area is 152 Å². The average molecular weight is 358 g/mol. The van der Waals surface area contributed by atoms with E-state index in [-0.39, 0.29) is 24.2 Å². The molecule has 0 bridgehead atoms. The van der Waals surface area contributed by atoms with E-state index in [1.165, 1.54) is 0 Å². The monoisotopic (exact) mass is 357 g/mol. The number of rotatable bonds is 6. The van der Waals surface area contributed by atoms with Gasteiger partial charge in [0.05, 0.1) is 5.92 Å². The minimum Gasteiger partial charge on any atom is -0.355 e. The van der Waals surface area contributed by atoms with Crippen molar-refractivity contribution in [2.24, 2.45) is 5.92 Å². The number of nitrogens with one attached hydrogen (secondary N) is 1. The van der Waals surface area contributed by atoms with Gasteiger partial charge in [-0.25, -0.2) is 0 Å². The molecule has 3 rings (SSSR count). The van der Waals surface area contributed by atoms with Crippen LogP contribution >= 0.6 is 11.6 Å². The third-order valence-corrected chi connectivity index (χ3v) is 4.55. The van der Waals surface area contributed by atoms with E-state index in [4.69, 9.17) is 11.6 Å². The summed E-state index contributed by atoms with van der Waals surface area (Å²) in [6, 6.07) is 11.4. The van der Waals surface area contributed by atoms with E-state index >= 15 is 0 Å². The molecule has 1 aliphatic heterocycles. The molecule has 0 aliphatic carbocycles. The first-order chi connectivity index (χ1) is 12.1. The van der Waals surface area contributed by atoms with Crippen LogP contribution in [0.3, 0.4) is 0 Å². The molecule has 5 nitrogen and oxygen atoms in total. The van der Waals surface area contributed by atoms with Gasteiger partial charge in [0.1, 0.15) is 0 Å². The SMILES string of the molecule is O=C(NCCc1cccc(Cl)c1)C1CC(=O)N(Cc2ccncc2)C1. The highest BCUT2D eigenvalue weighted by molar-refractivity contribution is 6.30. The molecule has 1 N–H and O–H groups in total. The van der Waals surface area contributed by atoms with Gasteiger partial charge in [-0.2, -0.15) is 0 Å². The van der Waals surface area contributed by atoms with Crippen LogP contribution in [0.5, 0.6) is 0 Å². The Morgan fingerprint density at radius 1 is 1.24 bits per heavy atom. The summed E-state index contributed by atoms with van der Waals surface area (Å²) >= 11 is 5.95. The number of halogens is 1. The summed E-state index contributed by atoms with van der Waals surface area (Å²) in [6.07, 6.45) is 4.40. The number of benzene rings is 1. The van der Waals surface area contributed by atoms with Crippen LogP contribution < -0.4 is 5.32 Å². The number of carbonyl (C=O) groups is 2. The van der Waals surface area contributed by atoms with Crippen LogP contribution in [0.15, 0.2) is 48.8 Å². The highest BCUT2D eigenvalue weighted by Crippen LogP contribution is 2.20. The molecule has 0 spiro atoms. The van der Waals surface area contributed by atoms with Crippen molar-refractivity contribution in [3.05, 3.63) is 64.9 Å². The van der Waals surface area contributed by atoms with E-state index in [2.05, 4.69) is 10.3 Å². The van der Waals surface area contributed by atoms with Gasteiger partial charge in [0.2, 0.25) is 11.8 Å². The normalized spacial score (nSPS) is 16.9. The van der Waals surface area contributed by atoms with Crippen LogP contribution in [0, 0.1) is 5.92 Å². The number of aromatic nitrogens is 1. The standard InChI is InChI=1S/C19H20ClN3O2/c20-17-3-1-2-14(10-17)6-9-22-19(25)16-11-18(24)23(13-16)12-15-4-7-21-8-5-15/h1-5,7-8,10,16H,6,9,11-13H2,(H,22,25). The molecule has 2 aromatic rings. The molecule has 0 radical (unpaired) electrons. The number of nitrogens with zero attached hydrogens (tertiary/aromatic N) is 2. The highest BCUT2D eigenvalue weighted by Gasteiger charge is 2.33. The van der Waals surface area contributed by atoms with Gasteiger partial charge in [-0.15, -0.1) is 0 Å². The zero-order valence-corrected chi connectivity index (χ0v) is 14.6. The third-order valence-electron chi connectivity index (χ3n) is 4.31. The largest absolute Gasteiger partial charge is 0.355 e. The topological polar surface area (TPSA) is 62.3 Å². The maximum atomic E-state index is 12.3. The number of hydrogen-bond acceptors (Lipinski definition) is 3. The molecule has 6 heteroatoms. The maximum Gasteiger partial charge on any atom is 0.225 e. The Kier molecular flexibility index (Phi) is 5.66. The fourth-order valence-electron chi connectivity index (χ4n) is 2.98. The molecular weight excluding hydrogens is 338 g/mol. The molecule has 1 saturated heterocycles. The second-order valence-electron chi connectivity index (χ2n) is 6.20. The minimum atomic E-state index is -0.284. The van der Waals surface area contributed by atoms with Gasteiger partial charge in [-0.3, -0.25) is 14.6 Å². The van der Waals surface area contributed by atoms with Gasteiger partial charge >= 0.3 is 0 Å². The zero-order valence-electron chi connectivity index (χ0n) is 13.8. The van der Waals surface area contributed by atoms with E-state index in [1.807, 2.05) is 36.4 Å². The zero-order chi connectivity index (χ0) is 17.6. The van der Waals surface area contributed by atoms with Crippen LogP contribution in [-0.4, -0.2) is 34.8 Å². The predicted molar refractivity (Wildman–Crippen MR) is 95.9 cm³/mol. The van der Waals surface area contributed by atoms with E-state index in [0.29, 0.717) is 31.1 Å². The molecule has 1 fully saturated rings. The van der Waals surface area contributed by atoms with Gasteiger partial charge < -0.3 is 10.2 Å². The second kappa shape index (κ2) is 8.12. The van der Waals surface area contributed by atoms with Crippen molar-refractivity contribution in [3.8, 4) is 0 Å². The number of carbonyl (C=O) groups excluding carboxylic acids is 2. The molecule has 1 atom stereocenters. The Morgan fingerprint density at radius 3 is 2.80 bits per heavy atom. The Hall–Kier alpha value is -2.40. The van der Waals surface area contributed by atoms with Crippen molar-refractivity contribution in [3.63, 3.8) is 0 Å². The summed E-state index contributed by atoms with van der Waals surface area (Å²) in [4.78, 5) is 30.2. The summed E-state index contributed by atoms with van der Waals surface area (Å²) in [7, 11) is 0. The molecular formula is C19H20ClN3O2. The van der Waals surface area contributed by atoms with Crippen molar-refractivity contribution in [1.29, 1.82) is 0 Å². The van der Waals surface area contributed by atoms with Crippen molar-refractivity contribution in [1.82, 2.24) is 15.2 Å². The molecule has 130 valence electrons. The number of pyridine rings is 1. The smallest absolute Gasteiger partial charge is 0.225 e. The summed E-state index contributed by atoms with van der Waals surface area (Å²) in [5, 5.41) is 3.62. The van der Waals surface area contributed by atoms with Crippen molar-refractivity contribution in [2.45, 2.75) is 19.4 Å². The summed E-state index contributed by atoms with van der Waals surface area (Å²) in [5.41, 5.74) is 2.10. The third kappa shape index (κ3) is 4.79. The minimum absolute atomic E-state index is 0.0202. The lowest BCUT2D eigenvalue weighted by atomic mass is 10.1. The van der Waals surface area contributed by atoms with Crippen molar-refractivity contribution >= 4 is 23.4 Å². The maximum absolute atomic E-state index is 12.3. The molecule has 2 amide bonds. The van der Waals surface area contributed by atoms with Crippen molar-refractivity contribution < 1.29 is 9.59 Å². The van der Waals surface area contributed by atoms with Gasteiger partial charge in [-0.1, -0.05) is 23.7 Å². The number of likely N-dealkylation sites (tertiary alicyclic amines) is 1. The lowest BCUT2D eigenvalue weighted by Crippen LogP contribution is -2.34. The number of amides is 2. The van der Waals surface area contributed by atoms with Crippen LogP contribution in [0.1, 0.15) is 17.5 Å². The summed E-state index contributed by atoms with van der Waals surface area (Å²) < 4.78 is 0. The summed E-state index contributed by atoms with van der Waals surface area (Å²) in [6.45, 7) is 1.52. The first kappa shape index (κ1) is 17.4. The van der Waals surface area contributed by atoms with Gasteiger partial charge in [0.25, 0.3) is 0 Å². The van der Waals surface area contributed by atoms with Crippen LogP contribution in [0.2, 0.25) is 5.02 Å². The first-order valence-electron chi connectivity index (χ1n) is 8.30. The number of hydrogen-bond donors (Lipinski definition) is 1. The molecule has 1 aliphatic rings. The predicted octanol–water partition coefficient (Wildman–Crippen LogP) is 2.44. The fraction of sp³-hybridized carbons (Fsp3) is 0.316. The molecule has 1 aromatic carbocycles. The Morgan fingerprint density at radius 2 is 2.04 bits per heavy atom. The fourth-order valence-corrected chi connectivity index (χ4v) is 3.19. The molecule has 1 unspecified atom stereocenters. The van der Waals surface area contributed by atoms with Crippen LogP contribution in [-0.2, 0) is 22.6 Å². The average Bonchev–Trinajstić information content (AvgIpc) is 2.97. The second-order valence-corrected chi connectivity index (χ2v) is 6.64. The van der Waals surface area contributed by atoms with Crippen LogP contribution in [0.25, 0.3) is 0 Å². The van der Waals surface area contributed by atoms with E-state index in [9.17, 15) is 9.59 Å². The lowest BCUT2D eigenvalue weighted by molar-refractivity contribution is -0.129.